The molecule has 1 heterocycles. The smallest absolute Gasteiger partial charge is 0.326 e. The first kappa shape index (κ1) is 28.0. The van der Waals surface area contributed by atoms with Crippen molar-refractivity contribution in [2.75, 3.05) is 0 Å². The van der Waals surface area contributed by atoms with Gasteiger partial charge in [-0.1, -0.05) is 34.1 Å². The molecule has 0 saturated carbocycles. The number of aliphatic hydroxyl groups is 1. The summed E-state index contributed by atoms with van der Waals surface area (Å²) in [6, 6.07) is -4.57. The summed E-state index contributed by atoms with van der Waals surface area (Å²) >= 11 is 0. The van der Waals surface area contributed by atoms with Gasteiger partial charge in [0, 0.05) is 18.3 Å². The number of carbonyl (C=O) groups is 4. The highest BCUT2D eigenvalue weighted by molar-refractivity contribution is 5.94. The monoisotopic (exact) mass is 468 g/mol. The van der Waals surface area contributed by atoms with E-state index in [2.05, 4.69) is 25.9 Å². The fourth-order valence-electron chi connectivity index (χ4n) is 3.09. The molecule has 1 aromatic rings. The Bertz CT molecular complexity index is 797. The second-order valence-electron chi connectivity index (χ2n) is 8.55. The molecule has 3 amide bonds. The van der Waals surface area contributed by atoms with E-state index in [0.29, 0.717) is 12.1 Å². The summed E-state index contributed by atoms with van der Waals surface area (Å²) in [5.41, 5.74) is 6.52. The summed E-state index contributed by atoms with van der Waals surface area (Å²) in [5, 5.41) is 26.9. The average Bonchev–Trinajstić information content (AvgIpc) is 3.25. The third-order valence-electron chi connectivity index (χ3n) is 5.42. The summed E-state index contributed by atoms with van der Waals surface area (Å²) in [4.78, 5) is 56.4. The standard InChI is InChI=1S/C21H36N6O6/c1-6-11(4)16(19(30)25-15(10(2)3)21(32)33)26-20(31)17(12(5)28)27-18(29)14(22)7-13-8-23-9-24-13/h8-12,14-17,28H,6-7,22H2,1-5H3,(H,23,24)(H,25,30)(H,26,31)(H,27,29)(H,32,33). The Labute approximate surface area is 193 Å². The van der Waals surface area contributed by atoms with Gasteiger partial charge in [0.2, 0.25) is 17.7 Å². The van der Waals surface area contributed by atoms with Crippen molar-refractivity contribution in [3.05, 3.63) is 18.2 Å². The number of aromatic amines is 1. The number of hydrogen-bond acceptors (Lipinski definition) is 7. The van der Waals surface area contributed by atoms with E-state index in [1.165, 1.54) is 19.4 Å². The lowest BCUT2D eigenvalue weighted by molar-refractivity contribution is -0.144. The van der Waals surface area contributed by atoms with E-state index in [4.69, 9.17) is 5.73 Å². The van der Waals surface area contributed by atoms with Crippen molar-refractivity contribution in [2.45, 2.75) is 77.7 Å². The van der Waals surface area contributed by atoms with Gasteiger partial charge < -0.3 is 36.9 Å². The Hall–Kier alpha value is -2.99. The highest BCUT2D eigenvalue weighted by atomic mass is 16.4. The zero-order valence-electron chi connectivity index (χ0n) is 19.7. The van der Waals surface area contributed by atoms with Crippen LogP contribution in [0.4, 0.5) is 0 Å². The molecular weight excluding hydrogens is 432 g/mol. The van der Waals surface area contributed by atoms with Gasteiger partial charge in [-0.25, -0.2) is 9.78 Å². The minimum absolute atomic E-state index is 0.143. The number of amides is 3. The molecule has 0 bridgehead atoms. The van der Waals surface area contributed by atoms with Crippen molar-refractivity contribution in [3.8, 4) is 0 Å². The number of aromatic nitrogens is 2. The largest absolute Gasteiger partial charge is 0.480 e. The molecule has 0 aromatic carbocycles. The van der Waals surface area contributed by atoms with Crippen molar-refractivity contribution >= 4 is 23.7 Å². The SMILES string of the molecule is CCC(C)C(NC(=O)C(NC(=O)C(N)Cc1cnc[nH]1)C(C)O)C(=O)NC(C(=O)O)C(C)C. The van der Waals surface area contributed by atoms with E-state index in [0.717, 1.165) is 0 Å². The third kappa shape index (κ3) is 8.46. The van der Waals surface area contributed by atoms with Gasteiger partial charge in [0.15, 0.2) is 0 Å². The van der Waals surface area contributed by atoms with Crippen LogP contribution < -0.4 is 21.7 Å². The molecule has 1 aromatic heterocycles. The third-order valence-corrected chi connectivity index (χ3v) is 5.42. The van der Waals surface area contributed by atoms with Crippen LogP contribution in [0.3, 0.4) is 0 Å². The van der Waals surface area contributed by atoms with Gasteiger partial charge in [0.1, 0.15) is 18.1 Å². The number of nitrogens with two attached hydrogens (primary N) is 1. The number of carboxylic acid groups (broad SMARTS) is 1. The molecule has 0 fully saturated rings. The molecule has 33 heavy (non-hydrogen) atoms. The van der Waals surface area contributed by atoms with Gasteiger partial charge in [-0.2, -0.15) is 0 Å². The van der Waals surface area contributed by atoms with Gasteiger partial charge in [-0.3, -0.25) is 14.4 Å². The number of H-pyrrole nitrogens is 1. The zero-order valence-corrected chi connectivity index (χ0v) is 19.7. The van der Waals surface area contributed by atoms with Crippen LogP contribution in [0.1, 0.15) is 46.7 Å². The molecule has 186 valence electrons. The maximum atomic E-state index is 12.9. The number of carbonyl (C=O) groups excluding carboxylic acids is 3. The van der Waals surface area contributed by atoms with Crippen molar-refractivity contribution in [1.29, 1.82) is 0 Å². The molecule has 0 aliphatic carbocycles. The number of nitrogens with zero attached hydrogens (tertiary/aromatic N) is 1. The summed E-state index contributed by atoms with van der Waals surface area (Å²) in [7, 11) is 0. The van der Waals surface area contributed by atoms with Gasteiger partial charge in [0.25, 0.3) is 0 Å². The quantitative estimate of drug-likeness (QED) is 0.189. The molecule has 1 rings (SSSR count). The van der Waals surface area contributed by atoms with Crippen molar-refractivity contribution in [1.82, 2.24) is 25.9 Å². The molecule has 0 aliphatic rings. The van der Waals surface area contributed by atoms with Crippen molar-refractivity contribution < 1.29 is 29.4 Å². The molecule has 12 heteroatoms. The first-order chi connectivity index (χ1) is 15.4. The second-order valence-corrected chi connectivity index (χ2v) is 8.55. The average molecular weight is 469 g/mol. The zero-order chi connectivity index (χ0) is 25.3. The second kappa shape index (κ2) is 12.9. The predicted octanol–water partition coefficient (Wildman–Crippen LogP) is -1.10. The predicted molar refractivity (Wildman–Crippen MR) is 120 cm³/mol. The summed E-state index contributed by atoms with van der Waals surface area (Å²) in [6.07, 6.45) is 2.34. The lowest BCUT2D eigenvalue weighted by Gasteiger charge is -2.29. The molecule has 8 N–H and O–H groups in total. The van der Waals surface area contributed by atoms with Crippen LogP contribution in [0, 0.1) is 11.8 Å². The Balaban J connectivity index is 2.93. The summed E-state index contributed by atoms with van der Waals surface area (Å²) < 4.78 is 0. The summed E-state index contributed by atoms with van der Waals surface area (Å²) in [6.45, 7) is 8.17. The van der Waals surface area contributed by atoms with Gasteiger partial charge in [-0.05, 0) is 18.8 Å². The Morgan fingerprint density at radius 1 is 1.00 bits per heavy atom. The van der Waals surface area contributed by atoms with Crippen LogP contribution in [0.15, 0.2) is 12.5 Å². The normalized spacial score (nSPS) is 16.7. The molecule has 6 atom stereocenters. The van der Waals surface area contributed by atoms with E-state index in [1.807, 2.05) is 6.92 Å². The van der Waals surface area contributed by atoms with E-state index in [9.17, 15) is 29.4 Å². The maximum Gasteiger partial charge on any atom is 0.326 e. The van der Waals surface area contributed by atoms with E-state index in [-0.39, 0.29) is 18.3 Å². The van der Waals surface area contributed by atoms with Crippen LogP contribution in [-0.4, -0.2) is 74.1 Å². The maximum absolute atomic E-state index is 12.9. The Kier molecular flexibility index (Phi) is 11.0. The Morgan fingerprint density at radius 2 is 1.55 bits per heavy atom. The Morgan fingerprint density at radius 3 is 2.00 bits per heavy atom. The molecule has 6 unspecified atom stereocenters. The molecule has 0 radical (unpaired) electrons. The first-order valence-corrected chi connectivity index (χ1v) is 10.9. The van der Waals surface area contributed by atoms with Gasteiger partial charge in [-0.15, -0.1) is 0 Å². The number of rotatable bonds is 13. The van der Waals surface area contributed by atoms with Crippen LogP contribution in [-0.2, 0) is 25.6 Å². The summed E-state index contributed by atoms with van der Waals surface area (Å²) in [5.74, 6) is -4.02. The number of aliphatic carboxylic acids is 1. The van der Waals surface area contributed by atoms with Crippen LogP contribution in [0.25, 0.3) is 0 Å². The minimum Gasteiger partial charge on any atom is -0.480 e. The van der Waals surface area contributed by atoms with Gasteiger partial charge in [0.05, 0.1) is 18.5 Å². The topological polar surface area (TPSA) is 200 Å². The van der Waals surface area contributed by atoms with Crippen molar-refractivity contribution in [3.63, 3.8) is 0 Å². The number of carboxylic acids is 1. The lowest BCUT2D eigenvalue weighted by atomic mass is 9.96. The minimum atomic E-state index is -1.37. The number of aliphatic hydroxyl groups excluding tert-OH is 1. The lowest BCUT2D eigenvalue weighted by Crippen LogP contribution is -2.61. The van der Waals surface area contributed by atoms with E-state index < -0.39 is 54.0 Å². The first-order valence-electron chi connectivity index (χ1n) is 10.9. The number of imidazole rings is 1. The van der Waals surface area contributed by atoms with Crippen LogP contribution in [0.5, 0.6) is 0 Å². The highest BCUT2D eigenvalue weighted by Gasteiger charge is 2.35. The van der Waals surface area contributed by atoms with E-state index >= 15 is 0 Å². The number of nitrogens with one attached hydrogen (secondary N) is 4. The fourth-order valence-corrected chi connectivity index (χ4v) is 3.09. The van der Waals surface area contributed by atoms with E-state index in [1.54, 1.807) is 20.8 Å². The van der Waals surface area contributed by atoms with Crippen molar-refractivity contribution in [2.24, 2.45) is 17.6 Å². The fraction of sp³-hybridized carbons (Fsp3) is 0.667. The van der Waals surface area contributed by atoms with Crippen LogP contribution in [0.2, 0.25) is 0 Å². The molecular formula is C21H36N6O6. The molecule has 12 nitrogen and oxygen atoms in total. The molecule has 0 aliphatic heterocycles. The highest BCUT2D eigenvalue weighted by Crippen LogP contribution is 2.11. The van der Waals surface area contributed by atoms with Crippen LogP contribution >= 0.6 is 0 Å². The van der Waals surface area contributed by atoms with Gasteiger partial charge >= 0.3 is 5.97 Å². The number of hydrogen-bond donors (Lipinski definition) is 7. The molecule has 0 spiro atoms. The molecule has 0 saturated heterocycles.